The molecule has 0 radical (unpaired) electrons. The second-order valence-corrected chi connectivity index (χ2v) is 6.24. The van der Waals surface area contributed by atoms with E-state index >= 15 is 0 Å². The van der Waals surface area contributed by atoms with E-state index in [1.807, 2.05) is 0 Å². The van der Waals surface area contributed by atoms with Gasteiger partial charge < -0.3 is 15.0 Å². The number of esters is 1. The van der Waals surface area contributed by atoms with Gasteiger partial charge in [-0.2, -0.15) is 0 Å². The van der Waals surface area contributed by atoms with Crippen LogP contribution < -0.4 is 5.32 Å². The van der Waals surface area contributed by atoms with Crippen LogP contribution >= 0.6 is 0 Å². The number of carbonyl (C=O) groups excluding carboxylic acids is 2. The fraction of sp³-hybridized carbons (Fsp3) is 0.875. The molecule has 1 N–H and O–H groups in total. The van der Waals surface area contributed by atoms with E-state index in [9.17, 15) is 9.59 Å². The number of nitrogens with one attached hydrogen (secondary N) is 1. The van der Waals surface area contributed by atoms with Crippen LogP contribution in [0, 0.1) is 5.92 Å². The monoisotopic (exact) mass is 296 g/mol. The second kappa shape index (κ2) is 8.37. The van der Waals surface area contributed by atoms with Gasteiger partial charge in [0.25, 0.3) is 0 Å². The predicted octanol–water partition coefficient (Wildman–Crippen LogP) is 1.71. The molecular formula is C16H28N2O3. The van der Waals surface area contributed by atoms with E-state index in [1.165, 1.54) is 52.3 Å². The van der Waals surface area contributed by atoms with Gasteiger partial charge in [-0.1, -0.05) is 6.42 Å². The molecule has 5 heteroatoms. The van der Waals surface area contributed by atoms with Crippen LogP contribution in [0.3, 0.4) is 0 Å². The van der Waals surface area contributed by atoms with Crippen molar-refractivity contribution in [2.75, 3.05) is 26.7 Å². The largest absolute Gasteiger partial charge is 0.469 e. The van der Waals surface area contributed by atoms with Crippen molar-refractivity contribution in [3.05, 3.63) is 0 Å². The van der Waals surface area contributed by atoms with Gasteiger partial charge in [-0.25, -0.2) is 0 Å². The number of amides is 1. The number of rotatable bonds is 6. The Hall–Kier alpha value is -1.10. The highest BCUT2D eigenvalue weighted by Crippen LogP contribution is 2.30. The third kappa shape index (κ3) is 4.99. The van der Waals surface area contributed by atoms with E-state index in [0.717, 1.165) is 6.54 Å². The van der Waals surface area contributed by atoms with Crippen LogP contribution in [0.25, 0.3) is 0 Å². The summed E-state index contributed by atoms with van der Waals surface area (Å²) in [6, 6.07) is 0.669. The summed E-state index contributed by atoms with van der Waals surface area (Å²) in [6.07, 6.45) is 7.71. The summed E-state index contributed by atoms with van der Waals surface area (Å²) in [4.78, 5) is 25.4. The summed E-state index contributed by atoms with van der Waals surface area (Å²) in [5, 5.41) is 3.06. The molecular weight excluding hydrogens is 268 g/mol. The Labute approximate surface area is 127 Å². The molecule has 2 aliphatic heterocycles. The van der Waals surface area contributed by atoms with E-state index in [2.05, 4.69) is 15.0 Å². The van der Waals surface area contributed by atoms with Crippen molar-refractivity contribution >= 4 is 11.9 Å². The average molecular weight is 296 g/mol. The van der Waals surface area contributed by atoms with Crippen LogP contribution in [0.2, 0.25) is 0 Å². The van der Waals surface area contributed by atoms with E-state index in [1.54, 1.807) is 0 Å². The molecule has 0 aliphatic carbocycles. The molecule has 0 aromatic rings. The third-order valence-corrected chi connectivity index (χ3v) is 4.80. The lowest BCUT2D eigenvalue weighted by Crippen LogP contribution is -2.50. The van der Waals surface area contributed by atoms with Crippen molar-refractivity contribution in [3.63, 3.8) is 0 Å². The molecule has 2 saturated heterocycles. The minimum Gasteiger partial charge on any atom is -0.469 e. The summed E-state index contributed by atoms with van der Waals surface area (Å²) in [7, 11) is 1.38. The normalized spacial score (nSPS) is 26.0. The maximum Gasteiger partial charge on any atom is 0.305 e. The Morgan fingerprint density at radius 3 is 2.76 bits per heavy atom. The van der Waals surface area contributed by atoms with Gasteiger partial charge in [-0.3, -0.25) is 9.59 Å². The molecule has 0 aromatic carbocycles. The summed E-state index contributed by atoms with van der Waals surface area (Å²) < 4.78 is 4.57. The molecule has 0 aromatic heterocycles. The number of nitrogens with zero attached hydrogens (tertiary/aromatic N) is 1. The maximum atomic E-state index is 11.8. The first-order valence-electron chi connectivity index (χ1n) is 8.28. The van der Waals surface area contributed by atoms with Gasteiger partial charge >= 0.3 is 5.97 Å². The second-order valence-electron chi connectivity index (χ2n) is 6.24. The zero-order valence-electron chi connectivity index (χ0n) is 13.1. The number of ether oxygens (including phenoxy) is 1. The number of hydrogen-bond acceptors (Lipinski definition) is 4. The average Bonchev–Trinajstić information content (AvgIpc) is 2.52. The summed E-state index contributed by atoms with van der Waals surface area (Å²) in [5.41, 5.74) is 0. The highest BCUT2D eigenvalue weighted by atomic mass is 16.5. The Balaban J connectivity index is 1.66. The molecule has 5 nitrogen and oxygen atoms in total. The lowest BCUT2D eigenvalue weighted by molar-refractivity contribution is -0.140. The van der Waals surface area contributed by atoms with Crippen molar-refractivity contribution < 1.29 is 14.3 Å². The number of hydrogen-bond donors (Lipinski definition) is 1. The Morgan fingerprint density at radius 1 is 1.14 bits per heavy atom. The number of carbonyl (C=O) groups is 2. The number of methoxy groups -OCH3 is 1. The van der Waals surface area contributed by atoms with Crippen molar-refractivity contribution in [3.8, 4) is 0 Å². The zero-order chi connectivity index (χ0) is 15.1. The Bertz CT molecular complexity index is 357. The first-order chi connectivity index (χ1) is 10.2. The van der Waals surface area contributed by atoms with E-state index in [0.29, 0.717) is 31.2 Å². The molecule has 2 atom stereocenters. The SMILES string of the molecule is COC(=O)CCCC(=O)NC[C@H]1CCCN2CCCC[C@H]12. The van der Waals surface area contributed by atoms with Crippen LogP contribution in [0.5, 0.6) is 0 Å². The minimum absolute atomic E-state index is 0.0619. The molecule has 0 spiro atoms. The van der Waals surface area contributed by atoms with Gasteiger partial charge in [0.1, 0.15) is 0 Å². The van der Waals surface area contributed by atoms with E-state index in [-0.39, 0.29) is 11.9 Å². The fourth-order valence-corrected chi connectivity index (χ4v) is 3.64. The molecule has 2 rings (SSSR count). The van der Waals surface area contributed by atoms with Crippen LogP contribution in [-0.4, -0.2) is 49.6 Å². The minimum atomic E-state index is -0.243. The molecule has 21 heavy (non-hydrogen) atoms. The molecule has 0 unspecified atom stereocenters. The van der Waals surface area contributed by atoms with Gasteiger partial charge in [0.15, 0.2) is 0 Å². The Morgan fingerprint density at radius 2 is 1.95 bits per heavy atom. The summed E-state index contributed by atoms with van der Waals surface area (Å²) >= 11 is 0. The van der Waals surface area contributed by atoms with Crippen LogP contribution in [0.4, 0.5) is 0 Å². The van der Waals surface area contributed by atoms with Gasteiger partial charge in [-0.05, 0) is 51.1 Å². The highest BCUT2D eigenvalue weighted by Gasteiger charge is 2.32. The van der Waals surface area contributed by atoms with Crippen LogP contribution in [-0.2, 0) is 14.3 Å². The molecule has 2 aliphatic rings. The van der Waals surface area contributed by atoms with Crippen molar-refractivity contribution in [1.82, 2.24) is 10.2 Å². The van der Waals surface area contributed by atoms with E-state index < -0.39 is 0 Å². The molecule has 0 bridgehead atoms. The Kier molecular flexibility index (Phi) is 6.49. The maximum absolute atomic E-state index is 11.8. The van der Waals surface area contributed by atoms with Gasteiger partial charge in [-0.15, -0.1) is 0 Å². The summed E-state index contributed by atoms with van der Waals surface area (Å²) in [5.74, 6) is 0.420. The summed E-state index contributed by atoms with van der Waals surface area (Å²) in [6.45, 7) is 3.25. The molecule has 1 amide bonds. The van der Waals surface area contributed by atoms with Crippen LogP contribution in [0.1, 0.15) is 51.4 Å². The molecule has 2 heterocycles. The smallest absolute Gasteiger partial charge is 0.305 e. The van der Waals surface area contributed by atoms with Gasteiger partial charge in [0, 0.05) is 25.4 Å². The molecule has 0 saturated carbocycles. The fourth-order valence-electron chi connectivity index (χ4n) is 3.64. The zero-order valence-corrected chi connectivity index (χ0v) is 13.1. The standard InChI is InChI=1S/C16H28N2O3/c1-21-16(20)9-4-8-15(19)17-12-13-6-5-11-18-10-3-2-7-14(13)18/h13-14H,2-12H2,1H3,(H,17,19)/t13-,14-/m1/s1. The lowest BCUT2D eigenvalue weighted by Gasteiger charge is -2.44. The van der Waals surface area contributed by atoms with Crippen LogP contribution in [0.15, 0.2) is 0 Å². The van der Waals surface area contributed by atoms with E-state index in [4.69, 9.17) is 0 Å². The molecule has 2 fully saturated rings. The van der Waals surface area contributed by atoms with Gasteiger partial charge in [0.05, 0.1) is 7.11 Å². The topological polar surface area (TPSA) is 58.6 Å². The van der Waals surface area contributed by atoms with Crippen molar-refractivity contribution in [2.45, 2.75) is 57.4 Å². The predicted molar refractivity (Wildman–Crippen MR) is 80.8 cm³/mol. The quantitative estimate of drug-likeness (QED) is 0.758. The molecule has 120 valence electrons. The third-order valence-electron chi connectivity index (χ3n) is 4.80. The first kappa shape index (κ1) is 16.3. The number of fused-ring (bicyclic) bond motifs is 1. The first-order valence-corrected chi connectivity index (χ1v) is 8.28. The van der Waals surface area contributed by atoms with Crippen molar-refractivity contribution in [1.29, 1.82) is 0 Å². The highest BCUT2D eigenvalue weighted by molar-refractivity contribution is 5.76. The lowest BCUT2D eigenvalue weighted by atomic mass is 9.83. The van der Waals surface area contributed by atoms with Gasteiger partial charge in [0.2, 0.25) is 5.91 Å². The number of piperidine rings is 2. The van der Waals surface area contributed by atoms with Crippen molar-refractivity contribution in [2.24, 2.45) is 5.92 Å².